The zero-order valence-electron chi connectivity index (χ0n) is 19.4. The summed E-state index contributed by atoms with van der Waals surface area (Å²) in [5.41, 5.74) is 4.31. The van der Waals surface area contributed by atoms with Crippen molar-refractivity contribution < 1.29 is 18.0 Å². The van der Waals surface area contributed by atoms with Crippen LogP contribution in [0.4, 0.5) is 24.5 Å². The van der Waals surface area contributed by atoms with Crippen molar-refractivity contribution in [1.82, 2.24) is 14.9 Å². The van der Waals surface area contributed by atoms with Crippen molar-refractivity contribution in [1.29, 1.82) is 0 Å². The summed E-state index contributed by atoms with van der Waals surface area (Å²) in [4.78, 5) is 22.8. The van der Waals surface area contributed by atoms with Gasteiger partial charge in [-0.1, -0.05) is 12.1 Å². The molecule has 5 rings (SSSR count). The van der Waals surface area contributed by atoms with Crippen molar-refractivity contribution in [2.45, 2.75) is 43.8 Å². The number of anilines is 2. The third kappa shape index (κ3) is 5.10. The largest absolute Gasteiger partial charge is 0.413 e. The van der Waals surface area contributed by atoms with E-state index in [2.05, 4.69) is 15.3 Å². The van der Waals surface area contributed by atoms with Gasteiger partial charge >= 0.3 is 6.18 Å². The monoisotopic (exact) mass is 500 g/mol. The van der Waals surface area contributed by atoms with E-state index < -0.39 is 18.1 Å². The fourth-order valence-corrected chi connectivity index (χ4v) is 5.93. The standard InChI is InChI=1S/C26H27F3N4OS/c1-33(25(34)18-10-13-35-14-11-18)24(26(27,28)29)17-6-8-19(9-7-17)32-21-15-31-20-3-2-12-30-23(20)22(21)16-4-5-16/h2-3,6-9,12,15-16,18,24,32H,4-5,10-11,13-14H2,1H3/t24-/m0/s1. The minimum absolute atomic E-state index is 0.0461. The fraction of sp³-hybridized carbons (Fsp3) is 0.423. The highest BCUT2D eigenvalue weighted by atomic mass is 32.2. The van der Waals surface area contributed by atoms with E-state index in [0.717, 1.165) is 51.5 Å². The quantitative estimate of drug-likeness (QED) is 0.421. The molecule has 0 radical (unpaired) electrons. The highest BCUT2D eigenvalue weighted by Crippen LogP contribution is 2.46. The molecule has 1 aliphatic heterocycles. The molecule has 2 aliphatic rings. The summed E-state index contributed by atoms with van der Waals surface area (Å²) in [5.74, 6) is 1.25. The summed E-state index contributed by atoms with van der Waals surface area (Å²) < 4.78 is 42.3. The molecule has 3 aromatic rings. The molecule has 0 bridgehead atoms. The number of carbonyl (C=O) groups excluding carboxylic acids is 1. The predicted molar refractivity (Wildman–Crippen MR) is 133 cm³/mol. The van der Waals surface area contributed by atoms with E-state index >= 15 is 0 Å². The summed E-state index contributed by atoms with van der Waals surface area (Å²) >= 11 is 1.74. The normalized spacial score (nSPS) is 17.8. The summed E-state index contributed by atoms with van der Waals surface area (Å²) in [6.45, 7) is 0. The van der Waals surface area contributed by atoms with Crippen LogP contribution in [0.25, 0.3) is 11.0 Å². The molecule has 2 aromatic heterocycles. The van der Waals surface area contributed by atoms with E-state index in [1.165, 1.54) is 19.2 Å². The topological polar surface area (TPSA) is 58.1 Å². The highest BCUT2D eigenvalue weighted by molar-refractivity contribution is 7.99. The molecule has 3 heterocycles. The Balaban J connectivity index is 1.39. The fourth-order valence-electron chi connectivity index (χ4n) is 4.82. The van der Waals surface area contributed by atoms with Gasteiger partial charge in [-0.05, 0) is 72.9 Å². The van der Waals surface area contributed by atoms with Crippen molar-refractivity contribution >= 4 is 40.1 Å². The Bertz CT molecular complexity index is 1210. The first kappa shape index (κ1) is 23.9. The molecule has 9 heteroatoms. The molecular formula is C26H27F3N4OS. The van der Waals surface area contributed by atoms with Gasteiger partial charge in [0.1, 0.15) is 0 Å². The molecule has 1 amide bonds. The number of alkyl halides is 3. The highest BCUT2D eigenvalue weighted by Gasteiger charge is 2.46. The van der Waals surface area contributed by atoms with Crippen LogP contribution in [-0.2, 0) is 4.79 Å². The number of carbonyl (C=O) groups is 1. The van der Waals surface area contributed by atoms with Crippen molar-refractivity contribution in [2.24, 2.45) is 5.92 Å². The number of halogens is 3. The van der Waals surface area contributed by atoms with E-state index in [-0.39, 0.29) is 11.5 Å². The number of nitrogens with zero attached hydrogens (tertiary/aromatic N) is 3. The molecule has 1 aliphatic carbocycles. The van der Waals surface area contributed by atoms with Gasteiger partial charge in [0.15, 0.2) is 6.04 Å². The molecule has 1 atom stereocenters. The number of fused-ring (bicyclic) bond motifs is 1. The number of hydrogen-bond acceptors (Lipinski definition) is 5. The average molecular weight is 501 g/mol. The number of aromatic nitrogens is 2. The minimum Gasteiger partial charge on any atom is -0.354 e. The van der Waals surface area contributed by atoms with Crippen molar-refractivity contribution in [2.75, 3.05) is 23.9 Å². The number of thioether (sulfide) groups is 1. The van der Waals surface area contributed by atoms with Crippen LogP contribution in [0.2, 0.25) is 0 Å². The lowest BCUT2D eigenvalue weighted by Crippen LogP contribution is -2.43. The Hall–Kier alpha value is -2.81. The summed E-state index contributed by atoms with van der Waals surface area (Å²) in [6.07, 6.45) is 2.34. The molecule has 2 fully saturated rings. The summed E-state index contributed by atoms with van der Waals surface area (Å²) in [6, 6.07) is 7.95. The second-order valence-electron chi connectivity index (χ2n) is 9.26. The summed E-state index contributed by atoms with van der Waals surface area (Å²) in [7, 11) is 1.27. The van der Waals surface area contributed by atoms with Crippen LogP contribution in [0, 0.1) is 5.92 Å². The molecule has 0 spiro atoms. The molecule has 0 unspecified atom stereocenters. The first-order chi connectivity index (χ1) is 16.8. The lowest BCUT2D eigenvalue weighted by molar-refractivity contribution is -0.190. The predicted octanol–water partition coefficient (Wildman–Crippen LogP) is 6.46. The van der Waals surface area contributed by atoms with Gasteiger partial charge in [-0.3, -0.25) is 14.8 Å². The maximum atomic E-state index is 14.1. The van der Waals surface area contributed by atoms with Gasteiger partial charge in [0, 0.05) is 30.4 Å². The van der Waals surface area contributed by atoms with E-state index in [1.54, 1.807) is 36.3 Å². The van der Waals surface area contributed by atoms with E-state index in [0.29, 0.717) is 24.4 Å². The molecule has 1 aromatic carbocycles. The maximum absolute atomic E-state index is 14.1. The molecule has 35 heavy (non-hydrogen) atoms. The van der Waals surface area contributed by atoms with E-state index in [9.17, 15) is 18.0 Å². The molecule has 1 N–H and O–H groups in total. The number of hydrogen-bond donors (Lipinski definition) is 1. The van der Waals surface area contributed by atoms with Gasteiger partial charge in [0.25, 0.3) is 0 Å². The Morgan fingerprint density at radius 2 is 1.80 bits per heavy atom. The van der Waals surface area contributed by atoms with Crippen molar-refractivity contribution in [3.63, 3.8) is 0 Å². The average Bonchev–Trinajstić information content (AvgIpc) is 3.69. The Morgan fingerprint density at radius 1 is 1.09 bits per heavy atom. The van der Waals surface area contributed by atoms with Gasteiger partial charge < -0.3 is 10.2 Å². The zero-order chi connectivity index (χ0) is 24.6. The molecule has 1 saturated carbocycles. The molecule has 1 saturated heterocycles. The lowest BCUT2D eigenvalue weighted by atomic mass is 9.98. The number of nitrogens with one attached hydrogen (secondary N) is 1. The SMILES string of the molecule is CN(C(=O)C1CCSCC1)[C@@H](c1ccc(Nc2cnc3cccnc3c2C2CC2)cc1)C(F)(F)F. The number of amides is 1. The van der Waals surface area contributed by atoms with Crippen LogP contribution < -0.4 is 5.32 Å². The first-order valence-electron chi connectivity index (χ1n) is 11.8. The third-order valence-electron chi connectivity index (χ3n) is 6.77. The van der Waals surface area contributed by atoms with Crippen LogP contribution in [-0.4, -0.2) is 45.5 Å². The number of pyridine rings is 2. The van der Waals surface area contributed by atoms with Crippen LogP contribution in [0.5, 0.6) is 0 Å². The second-order valence-corrected chi connectivity index (χ2v) is 10.5. The Kier molecular flexibility index (Phi) is 6.61. The number of rotatable bonds is 6. The van der Waals surface area contributed by atoms with Crippen LogP contribution in [0.1, 0.15) is 48.8 Å². The van der Waals surface area contributed by atoms with Crippen molar-refractivity contribution in [3.05, 3.63) is 59.9 Å². The van der Waals surface area contributed by atoms with Gasteiger partial charge in [0.2, 0.25) is 5.91 Å². The smallest absolute Gasteiger partial charge is 0.354 e. The van der Waals surface area contributed by atoms with Gasteiger partial charge in [-0.25, -0.2) is 0 Å². The minimum atomic E-state index is -4.57. The second kappa shape index (κ2) is 9.68. The Morgan fingerprint density at radius 3 is 2.46 bits per heavy atom. The zero-order valence-corrected chi connectivity index (χ0v) is 20.2. The van der Waals surface area contributed by atoms with Crippen LogP contribution >= 0.6 is 11.8 Å². The lowest BCUT2D eigenvalue weighted by Gasteiger charge is -2.34. The van der Waals surface area contributed by atoms with Gasteiger partial charge in [-0.2, -0.15) is 24.9 Å². The molecule has 5 nitrogen and oxygen atoms in total. The van der Waals surface area contributed by atoms with Gasteiger partial charge in [0.05, 0.1) is 22.9 Å². The molecule has 184 valence electrons. The third-order valence-corrected chi connectivity index (χ3v) is 7.82. The maximum Gasteiger partial charge on any atom is 0.413 e. The number of benzene rings is 1. The van der Waals surface area contributed by atoms with Crippen LogP contribution in [0.15, 0.2) is 48.8 Å². The van der Waals surface area contributed by atoms with Gasteiger partial charge in [-0.15, -0.1) is 0 Å². The molecular weight excluding hydrogens is 473 g/mol. The Labute approximate surface area is 206 Å². The van der Waals surface area contributed by atoms with E-state index in [1.807, 2.05) is 12.1 Å². The summed E-state index contributed by atoms with van der Waals surface area (Å²) in [5, 5.41) is 3.33. The van der Waals surface area contributed by atoms with Crippen molar-refractivity contribution in [3.8, 4) is 0 Å². The van der Waals surface area contributed by atoms with E-state index in [4.69, 9.17) is 0 Å². The first-order valence-corrected chi connectivity index (χ1v) is 13.0. The van der Waals surface area contributed by atoms with Crippen LogP contribution in [0.3, 0.4) is 0 Å².